The van der Waals surface area contributed by atoms with Gasteiger partial charge in [0.25, 0.3) is 0 Å². The molecule has 0 radical (unpaired) electrons. The molecule has 0 aromatic rings. The van der Waals surface area contributed by atoms with Crippen molar-refractivity contribution in [2.75, 3.05) is 0 Å². The van der Waals surface area contributed by atoms with Crippen LogP contribution in [0.5, 0.6) is 0 Å². The van der Waals surface area contributed by atoms with Gasteiger partial charge >= 0.3 is 0 Å². The van der Waals surface area contributed by atoms with Crippen molar-refractivity contribution in [3.63, 3.8) is 0 Å². The minimum atomic E-state index is -0.277. The van der Waals surface area contributed by atoms with E-state index in [1.807, 2.05) is 0 Å². The molecule has 3 aliphatic rings. The fraction of sp³-hybridized carbons (Fsp3) is 0.750. The lowest BCUT2D eigenvalue weighted by Gasteiger charge is -2.59. The number of aliphatic hydroxyl groups excluding tert-OH is 1. The highest BCUT2D eigenvalue weighted by Crippen LogP contribution is 2.62. The van der Waals surface area contributed by atoms with Crippen molar-refractivity contribution in [3.8, 4) is 0 Å². The zero-order valence-corrected chi connectivity index (χ0v) is 14.7. The average Bonchev–Trinajstić information content (AvgIpc) is 2.46. The number of fused-ring (bicyclic) bond motifs is 3. The molecule has 0 heterocycles. The number of ketones is 1. The summed E-state index contributed by atoms with van der Waals surface area (Å²) in [6, 6.07) is 0. The summed E-state index contributed by atoms with van der Waals surface area (Å²) in [5.74, 6) is 1.01. The third-order valence-corrected chi connectivity index (χ3v) is 7.07. The largest absolute Gasteiger partial charge is 0.393 e. The molecule has 3 aliphatic carbocycles. The topological polar surface area (TPSA) is 37.3 Å². The van der Waals surface area contributed by atoms with E-state index in [9.17, 15) is 9.90 Å². The van der Waals surface area contributed by atoms with Crippen LogP contribution in [0, 0.1) is 22.7 Å². The summed E-state index contributed by atoms with van der Waals surface area (Å²) in [6.45, 7) is 11.0. The van der Waals surface area contributed by atoms with Crippen LogP contribution >= 0.6 is 0 Å². The van der Waals surface area contributed by atoms with Crippen molar-refractivity contribution in [1.82, 2.24) is 0 Å². The number of Topliss-reactive ketones (excluding diaryl/α,β-unsaturated/α-hetero) is 1. The van der Waals surface area contributed by atoms with E-state index in [2.05, 4.69) is 40.7 Å². The maximum absolute atomic E-state index is 12.8. The smallest absolute Gasteiger partial charge is 0.159 e. The SMILES string of the molecule is CC(C)=C1C=C2C(=O)C[C@@H]3C(C)(C)[C@H](O)CC[C@@]3(C)[C@@H]2CC1. The highest BCUT2D eigenvalue weighted by atomic mass is 16.3. The quantitative estimate of drug-likeness (QED) is 0.718. The summed E-state index contributed by atoms with van der Waals surface area (Å²) >= 11 is 0. The molecule has 3 rings (SSSR count). The molecular formula is C20H30O2. The molecule has 2 nitrogen and oxygen atoms in total. The van der Waals surface area contributed by atoms with E-state index in [0.29, 0.717) is 24.0 Å². The van der Waals surface area contributed by atoms with Gasteiger partial charge in [-0.05, 0) is 73.3 Å². The molecule has 0 aromatic heterocycles. The van der Waals surface area contributed by atoms with E-state index in [-0.39, 0.29) is 16.9 Å². The second-order valence-corrected chi connectivity index (χ2v) is 8.78. The summed E-state index contributed by atoms with van der Waals surface area (Å²) in [7, 11) is 0. The highest BCUT2D eigenvalue weighted by molar-refractivity contribution is 5.98. The Morgan fingerprint density at radius 1 is 1.23 bits per heavy atom. The van der Waals surface area contributed by atoms with Gasteiger partial charge in [-0.3, -0.25) is 4.79 Å². The molecule has 0 aromatic carbocycles. The Bertz CT molecular complexity index is 562. The van der Waals surface area contributed by atoms with Crippen molar-refractivity contribution in [3.05, 3.63) is 22.8 Å². The maximum Gasteiger partial charge on any atom is 0.159 e. The number of carbonyl (C=O) groups excluding carboxylic acids is 1. The van der Waals surface area contributed by atoms with Crippen molar-refractivity contribution in [2.24, 2.45) is 22.7 Å². The van der Waals surface area contributed by atoms with E-state index >= 15 is 0 Å². The zero-order chi connectivity index (χ0) is 16.3. The van der Waals surface area contributed by atoms with Crippen LogP contribution in [0.2, 0.25) is 0 Å². The van der Waals surface area contributed by atoms with Crippen LogP contribution in [-0.2, 0) is 4.79 Å². The summed E-state index contributed by atoms with van der Waals surface area (Å²) in [6.07, 6.45) is 6.63. The lowest BCUT2D eigenvalue weighted by Crippen LogP contribution is -2.56. The summed E-state index contributed by atoms with van der Waals surface area (Å²) in [4.78, 5) is 12.8. The number of rotatable bonds is 0. The lowest BCUT2D eigenvalue weighted by atomic mass is 9.45. The number of allylic oxidation sites excluding steroid dienone is 4. The fourth-order valence-electron chi connectivity index (χ4n) is 5.46. The Labute approximate surface area is 134 Å². The van der Waals surface area contributed by atoms with E-state index < -0.39 is 0 Å². The van der Waals surface area contributed by atoms with Crippen LogP contribution in [0.3, 0.4) is 0 Å². The number of aliphatic hydroxyl groups is 1. The van der Waals surface area contributed by atoms with Gasteiger partial charge in [0.1, 0.15) is 0 Å². The van der Waals surface area contributed by atoms with Gasteiger partial charge in [0, 0.05) is 6.42 Å². The molecule has 2 fully saturated rings. The van der Waals surface area contributed by atoms with Gasteiger partial charge in [-0.25, -0.2) is 0 Å². The van der Waals surface area contributed by atoms with Crippen molar-refractivity contribution in [2.45, 2.75) is 72.8 Å². The normalized spacial score (nSPS) is 40.6. The Morgan fingerprint density at radius 3 is 2.55 bits per heavy atom. The Hall–Kier alpha value is -0.890. The molecule has 0 saturated heterocycles. The molecule has 22 heavy (non-hydrogen) atoms. The van der Waals surface area contributed by atoms with Crippen LogP contribution < -0.4 is 0 Å². The van der Waals surface area contributed by atoms with Gasteiger partial charge in [0.2, 0.25) is 0 Å². The van der Waals surface area contributed by atoms with E-state index in [4.69, 9.17) is 0 Å². The molecule has 0 amide bonds. The van der Waals surface area contributed by atoms with E-state index in [0.717, 1.165) is 31.3 Å². The summed E-state index contributed by atoms with van der Waals surface area (Å²) in [5.41, 5.74) is 3.77. The summed E-state index contributed by atoms with van der Waals surface area (Å²) < 4.78 is 0. The predicted octanol–water partition coefficient (Wildman–Crippen LogP) is 4.44. The lowest BCUT2D eigenvalue weighted by molar-refractivity contribution is -0.146. The molecule has 0 bridgehead atoms. The van der Waals surface area contributed by atoms with Gasteiger partial charge in [-0.1, -0.05) is 32.4 Å². The molecule has 2 heteroatoms. The van der Waals surface area contributed by atoms with Gasteiger partial charge in [0.15, 0.2) is 5.78 Å². The van der Waals surface area contributed by atoms with Gasteiger partial charge < -0.3 is 5.11 Å². The van der Waals surface area contributed by atoms with Crippen LogP contribution in [0.4, 0.5) is 0 Å². The Kier molecular flexibility index (Phi) is 3.67. The molecule has 1 N–H and O–H groups in total. The minimum absolute atomic E-state index is 0.162. The first-order valence-corrected chi connectivity index (χ1v) is 8.77. The molecule has 2 saturated carbocycles. The highest BCUT2D eigenvalue weighted by Gasteiger charge is 2.58. The zero-order valence-electron chi connectivity index (χ0n) is 14.7. The van der Waals surface area contributed by atoms with Crippen LogP contribution in [0.15, 0.2) is 22.8 Å². The maximum atomic E-state index is 12.8. The third-order valence-electron chi connectivity index (χ3n) is 7.07. The van der Waals surface area contributed by atoms with E-state index in [1.54, 1.807) is 0 Å². The number of hydrogen-bond acceptors (Lipinski definition) is 2. The third kappa shape index (κ3) is 2.14. The van der Waals surface area contributed by atoms with Gasteiger partial charge in [0.05, 0.1) is 6.10 Å². The first-order chi connectivity index (χ1) is 10.2. The first-order valence-electron chi connectivity index (χ1n) is 8.77. The van der Waals surface area contributed by atoms with Gasteiger partial charge in [-0.15, -0.1) is 0 Å². The van der Waals surface area contributed by atoms with Crippen molar-refractivity contribution < 1.29 is 9.90 Å². The molecular weight excluding hydrogens is 272 g/mol. The van der Waals surface area contributed by atoms with Crippen molar-refractivity contribution in [1.29, 1.82) is 0 Å². The standard InChI is InChI=1S/C20H30O2/c1-12(2)13-6-7-15-14(10-13)16(21)11-17-19(3,4)18(22)8-9-20(15,17)5/h10,15,17-18,22H,6-9,11H2,1-5H3/t15-,17-,18-,20+/m1/s1. The molecule has 0 unspecified atom stereocenters. The van der Waals surface area contributed by atoms with Crippen LogP contribution in [0.1, 0.15) is 66.7 Å². The molecule has 4 atom stereocenters. The average molecular weight is 302 g/mol. The monoisotopic (exact) mass is 302 g/mol. The molecule has 0 spiro atoms. The van der Waals surface area contributed by atoms with Crippen molar-refractivity contribution >= 4 is 5.78 Å². The van der Waals surface area contributed by atoms with Crippen LogP contribution in [-0.4, -0.2) is 17.0 Å². The van der Waals surface area contributed by atoms with Crippen LogP contribution in [0.25, 0.3) is 0 Å². The minimum Gasteiger partial charge on any atom is -0.393 e. The molecule has 0 aliphatic heterocycles. The Morgan fingerprint density at radius 2 is 1.91 bits per heavy atom. The summed E-state index contributed by atoms with van der Waals surface area (Å²) in [5, 5.41) is 10.5. The second-order valence-electron chi connectivity index (χ2n) is 8.78. The number of hydrogen-bond donors (Lipinski definition) is 1. The molecule has 122 valence electrons. The fourth-order valence-corrected chi connectivity index (χ4v) is 5.46. The van der Waals surface area contributed by atoms with E-state index in [1.165, 1.54) is 11.1 Å². The first kappa shape index (κ1) is 16.0. The predicted molar refractivity (Wildman–Crippen MR) is 89.4 cm³/mol. The second kappa shape index (κ2) is 5.06. The Balaban J connectivity index is 2.05. The van der Waals surface area contributed by atoms with Gasteiger partial charge in [-0.2, -0.15) is 0 Å². The number of carbonyl (C=O) groups is 1.